The smallest absolute Gasteiger partial charge is 0.286 e. The molecule has 0 saturated heterocycles. The second-order valence-corrected chi connectivity index (χ2v) is 10.1. The van der Waals surface area contributed by atoms with Gasteiger partial charge in [-0.3, -0.25) is 9.59 Å². The van der Waals surface area contributed by atoms with Crippen LogP contribution in [0.2, 0.25) is 0 Å². The van der Waals surface area contributed by atoms with E-state index in [0.29, 0.717) is 22.4 Å². The highest BCUT2D eigenvalue weighted by molar-refractivity contribution is 7.99. The number of amides is 2. The van der Waals surface area contributed by atoms with Crippen LogP contribution in [0.5, 0.6) is 0 Å². The number of thiophene rings is 1. The zero-order valence-corrected chi connectivity index (χ0v) is 19.5. The maximum absolute atomic E-state index is 12.4. The van der Waals surface area contributed by atoms with E-state index in [1.54, 1.807) is 11.3 Å². The van der Waals surface area contributed by atoms with Gasteiger partial charge in [0.25, 0.3) is 5.91 Å². The Morgan fingerprint density at radius 3 is 2.63 bits per heavy atom. The van der Waals surface area contributed by atoms with Crippen molar-refractivity contribution < 1.29 is 9.59 Å². The Labute approximate surface area is 188 Å². The van der Waals surface area contributed by atoms with Gasteiger partial charge in [0.15, 0.2) is 0 Å². The third kappa shape index (κ3) is 6.13. The molecule has 0 aliphatic carbocycles. The number of nitrogens with zero attached hydrogens (tertiary/aromatic N) is 2. The first kappa shape index (κ1) is 22.5. The number of thioether (sulfide) groups is 1. The molecule has 3 rings (SSSR count). The maximum atomic E-state index is 12.4. The molecule has 2 heterocycles. The Kier molecular flexibility index (Phi) is 8.01. The molecule has 0 bridgehead atoms. The monoisotopic (exact) mass is 460 g/mol. The quantitative estimate of drug-likeness (QED) is 0.474. The summed E-state index contributed by atoms with van der Waals surface area (Å²) in [5, 5.41) is 17.1. The van der Waals surface area contributed by atoms with Crippen LogP contribution >= 0.6 is 34.4 Å². The number of hydrogen-bond donors (Lipinski definition) is 2. The van der Waals surface area contributed by atoms with Crippen molar-refractivity contribution in [2.45, 2.75) is 32.6 Å². The molecular weight excluding hydrogens is 436 g/mol. The first-order valence-electron chi connectivity index (χ1n) is 9.54. The van der Waals surface area contributed by atoms with E-state index < -0.39 is 0 Å². The lowest BCUT2D eigenvalue weighted by Gasteiger charge is -2.21. The fourth-order valence-electron chi connectivity index (χ4n) is 2.77. The van der Waals surface area contributed by atoms with Crippen molar-refractivity contribution in [2.24, 2.45) is 5.92 Å². The average molecular weight is 461 g/mol. The lowest BCUT2D eigenvalue weighted by molar-refractivity contribution is -0.119. The molecule has 3 aromatic rings. The van der Waals surface area contributed by atoms with Gasteiger partial charge in [-0.1, -0.05) is 49.4 Å². The van der Waals surface area contributed by atoms with Gasteiger partial charge in [0, 0.05) is 16.3 Å². The lowest BCUT2D eigenvalue weighted by Crippen LogP contribution is -2.32. The number of carbonyl (C=O) groups is 2. The second-order valence-electron chi connectivity index (χ2n) is 7.07. The number of anilines is 1. The van der Waals surface area contributed by atoms with Crippen molar-refractivity contribution in [1.29, 1.82) is 0 Å². The van der Waals surface area contributed by atoms with Gasteiger partial charge in [-0.25, -0.2) is 0 Å². The van der Waals surface area contributed by atoms with Crippen LogP contribution in [0, 0.1) is 12.8 Å². The van der Waals surface area contributed by atoms with Crippen LogP contribution in [0.25, 0.3) is 0 Å². The van der Waals surface area contributed by atoms with Gasteiger partial charge >= 0.3 is 0 Å². The molecule has 0 aliphatic rings. The van der Waals surface area contributed by atoms with Crippen LogP contribution in [-0.2, 0) is 10.5 Å². The van der Waals surface area contributed by atoms with Crippen LogP contribution in [-0.4, -0.2) is 27.8 Å². The van der Waals surface area contributed by atoms with Crippen molar-refractivity contribution >= 4 is 51.9 Å². The first-order valence-corrected chi connectivity index (χ1v) is 12.4. The zero-order valence-electron chi connectivity index (χ0n) is 17.0. The van der Waals surface area contributed by atoms with Gasteiger partial charge in [-0.05, 0) is 35.9 Å². The molecule has 1 unspecified atom stereocenters. The van der Waals surface area contributed by atoms with Gasteiger partial charge in [0.2, 0.25) is 10.9 Å². The third-order valence-corrected chi connectivity index (χ3v) is 7.35. The summed E-state index contributed by atoms with van der Waals surface area (Å²) in [6.07, 6.45) is 0. The highest BCUT2D eigenvalue weighted by atomic mass is 32.2. The van der Waals surface area contributed by atoms with E-state index in [2.05, 4.69) is 34.7 Å². The molecule has 0 fully saturated rings. The highest BCUT2D eigenvalue weighted by Crippen LogP contribution is 2.26. The Morgan fingerprint density at radius 1 is 1.13 bits per heavy atom. The maximum Gasteiger partial charge on any atom is 0.286 e. The molecule has 9 heteroatoms. The lowest BCUT2D eigenvalue weighted by atomic mass is 10.0. The minimum absolute atomic E-state index is 0.00543. The third-order valence-electron chi connectivity index (χ3n) is 4.35. The molecule has 30 heavy (non-hydrogen) atoms. The number of para-hydroxylation sites is 1. The Morgan fingerprint density at radius 2 is 1.93 bits per heavy atom. The summed E-state index contributed by atoms with van der Waals surface area (Å²) in [5.74, 6) is 0.906. The number of aryl methyl sites for hydroxylation is 1. The van der Waals surface area contributed by atoms with E-state index in [1.165, 1.54) is 23.1 Å². The standard InChI is InChI=1S/C21H24N4O2S3/c1-13(2)19(16-9-6-10-29-16)23-17(26)11-28-12-18-24-25-21(30-18)20(27)22-15-8-5-4-7-14(15)3/h4-10,13,19H,11-12H2,1-3H3,(H,22,27)(H,23,26). The predicted octanol–water partition coefficient (Wildman–Crippen LogP) is 4.91. The molecular formula is C21H24N4O2S3. The van der Waals surface area contributed by atoms with Gasteiger partial charge < -0.3 is 10.6 Å². The highest BCUT2D eigenvalue weighted by Gasteiger charge is 2.19. The van der Waals surface area contributed by atoms with Gasteiger partial charge in [-0.2, -0.15) is 0 Å². The van der Waals surface area contributed by atoms with Crippen LogP contribution in [0.1, 0.15) is 45.1 Å². The fourth-order valence-corrected chi connectivity index (χ4v) is 5.34. The molecule has 2 aromatic heterocycles. The van der Waals surface area contributed by atoms with Crippen molar-refractivity contribution in [3.8, 4) is 0 Å². The largest absolute Gasteiger partial charge is 0.348 e. The SMILES string of the molecule is Cc1ccccc1NC(=O)c1nnc(CSCC(=O)NC(c2cccs2)C(C)C)s1. The van der Waals surface area contributed by atoms with Crippen molar-refractivity contribution in [2.75, 3.05) is 11.1 Å². The van der Waals surface area contributed by atoms with Crippen LogP contribution < -0.4 is 10.6 Å². The second kappa shape index (κ2) is 10.7. The van der Waals surface area contributed by atoms with Crippen LogP contribution in [0.3, 0.4) is 0 Å². The topological polar surface area (TPSA) is 84.0 Å². The number of nitrogens with one attached hydrogen (secondary N) is 2. The number of carbonyl (C=O) groups excluding carboxylic acids is 2. The Bertz CT molecular complexity index is 986. The summed E-state index contributed by atoms with van der Waals surface area (Å²) in [6.45, 7) is 6.14. The number of hydrogen-bond acceptors (Lipinski definition) is 7. The molecule has 1 aromatic carbocycles. The van der Waals surface area contributed by atoms with Gasteiger partial charge in [0.1, 0.15) is 5.01 Å². The molecule has 2 amide bonds. The summed E-state index contributed by atoms with van der Waals surface area (Å²) in [6, 6.07) is 11.7. The predicted molar refractivity (Wildman–Crippen MR) is 125 cm³/mol. The molecule has 0 radical (unpaired) electrons. The number of aromatic nitrogens is 2. The Balaban J connectivity index is 1.47. The number of rotatable bonds is 9. The number of benzene rings is 1. The summed E-state index contributed by atoms with van der Waals surface area (Å²) in [7, 11) is 0. The summed E-state index contributed by atoms with van der Waals surface area (Å²) in [5.41, 5.74) is 1.75. The van der Waals surface area contributed by atoms with Crippen LogP contribution in [0.4, 0.5) is 5.69 Å². The summed E-state index contributed by atoms with van der Waals surface area (Å²) in [4.78, 5) is 25.9. The van der Waals surface area contributed by atoms with Crippen molar-refractivity contribution in [3.05, 3.63) is 62.2 Å². The molecule has 0 saturated carbocycles. The zero-order chi connectivity index (χ0) is 21.5. The van der Waals surface area contributed by atoms with Gasteiger partial charge in [0.05, 0.1) is 11.8 Å². The average Bonchev–Trinajstić information content (AvgIpc) is 3.40. The first-order chi connectivity index (χ1) is 14.4. The van der Waals surface area contributed by atoms with E-state index in [4.69, 9.17) is 0 Å². The molecule has 0 spiro atoms. The van der Waals surface area contributed by atoms with Crippen molar-refractivity contribution in [3.63, 3.8) is 0 Å². The normalized spacial score (nSPS) is 12.0. The van der Waals surface area contributed by atoms with Crippen molar-refractivity contribution in [1.82, 2.24) is 15.5 Å². The fraction of sp³-hybridized carbons (Fsp3) is 0.333. The summed E-state index contributed by atoms with van der Waals surface area (Å²) < 4.78 is 0. The van der Waals surface area contributed by atoms with Gasteiger partial charge in [-0.15, -0.1) is 33.3 Å². The van der Waals surface area contributed by atoms with E-state index in [0.717, 1.165) is 21.1 Å². The minimum Gasteiger partial charge on any atom is -0.348 e. The Hall–Kier alpha value is -2.23. The van der Waals surface area contributed by atoms with E-state index >= 15 is 0 Å². The van der Waals surface area contributed by atoms with E-state index in [9.17, 15) is 9.59 Å². The summed E-state index contributed by atoms with van der Waals surface area (Å²) >= 11 is 4.37. The van der Waals surface area contributed by atoms with E-state index in [1.807, 2.05) is 48.7 Å². The molecule has 2 N–H and O–H groups in total. The van der Waals surface area contributed by atoms with E-state index in [-0.39, 0.29) is 17.9 Å². The van der Waals surface area contributed by atoms with Crippen LogP contribution in [0.15, 0.2) is 41.8 Å². The molecule has 1 atom stereocenters. The molecule has 6 nitrogen and oxygen atoms in total. The molecule has 0 aliphatic heterocycles. The molecule has 158 valence electrons. The minimum atomic E-state index is -0.272.